The lowest BCUT2D eigenvalue weighted by atomic mass is 9.98. The van der Waals surface area contributed by atoms with Gasteiger partial charge in [-0.1, -0.05) is 24.3 Å². The van der Waals surface area contributed by atoms with Gasteiger partial charge in [-0.15, -0.1) is 0 Å². The number of halogens is 1. The van der Waals surface area contributed by atoms with Gasteiger partial charge >= 0.3 is 0 Å². The molecule has 0 amide bonds. The lowest BCUT2D eigenvalue weighted by molar-refractivity contribution is 0.586. The summed E-state index contributed by atoms with van der Waals surface area (Å²) in [6.07, 6.45) is 4.31. The average molecular weight is 516 g/mol. The van der Waals surface area contributed by atoms with Crippen LogP contribution in [0.2, 0.25) is 0 Å². The second-order valence-corrected chi connectivity index (χ2v) is 11.2. The highest BCUT2D eigenvalue weighted by Crippen LogP contribution is 2.35. The molecule has 1 aliphatic heterocycles. The molecule has 9 heteroatoms. The Balaban J connectivity index is 1.42. The zero-order valence-corrected chi connectivity index (χ0v) is 21.0. The van der Waals surface area contributed by atoms with Gasteiger partial charge in [-0.25, -0.2) is 17.5 Å². The molecule has 0 saturated heterocycles. The lowest BCUT2D eigenvalue weighted by Gasteiger charge is -2.14. The number of fused-ring (bicyclic) bond motifs is 2. The van der Waals surface area contributed by atoms with Gasteiger partial charge in [0.2, 0.25) is 10.0 Å². The minimum absolute atomic E-state index is 0.0199. The summed E-state index contributed by atoms with van der Waals surface area (Å²) in [5.41, 5.74) is 8.15. The Labute approximate surface area is 213 Å². The fourth-order valence-corrected chi connectivity index (χ4v) is 5.39. The number of nitrogens with zero attached hydrogens (tertiary/aromatic N) is 1. The molecule has 0 radical (unpaired) electrons. The van der Waals surface area contributed by atoms with Crippen LogP contribution in [-0.4, -0.2) is 42.9 Å². The van der Waals surface area contributed by atoms with Gasteiger partial charge in [0.25, 0.3) is 0 Å². The fraction of sp³-hybridized carbons (Fsp3) is 0.179. The van der Waals surface area contributed by atoms with Gasteiger partial charge in [0.1, 0.15) is 11.5 Å². The molecule has 2 aromatic heterocycles. The summed E-state index contributed by atoms with van der Waals surface area (Å²) in [4.78, 5) is 3.48. The van der Waals surface area contributed by atoms with Crippen molar-refractivity contribution in [2.24, 2.45) is 0 Å². The highest BCUT2D eigenvalue weighted by Gasteiger charge is 2.16. The quantitative estimate of drug-likeness (QED) is 0.257. The van der Waals surface area contributed by atoms with Crippen LogP contribution in [0.25, 0.3) is 49.9 Å². The van der Waals surface area contributed by atoms with Crippen LogP contribution in [0.1, 0.15) is 17.5 Å². The van der Waals surface area contributed by atoms with E-state index in [1.54, 1.807) is 0 Å². The molecule has 5 aromatic rings. The molecule has 3 aromatic carbocycles. The third-order valence-corrected chi connectivity index (χ3v) is 7.39. The molecule has 37 heavy (non-hydrogen) atoms. The SMILES string of the molecule is CS(=O)(=O)NCc1cc(F)cc(-c2cccc3[nH]c(-c4n[nH]c5ccc(C6=CCNCC6)cc45)cc23)c1. The molecule has 0 saturated carbocycles. The molecule has 7 nitrogen and oxygen atoms in total. The summed E-state index contributed by atoms with van der Waals surface area (Å²) in [5, 5.41) is 13.1. The van der Waals surface area contributed by atoms with E-state index < -0.39 is 15.8 Å². The molecule has 0 aliphatic carbocycles. The Morgan fingerprint density at radius 3 is 2.70 bits per heavy atom. The Hall–Kier alpha value is -3.79. The molecular formula is C28H26FN5O2S. The van der Waals surface area contributed by atoms with Crippen LogP contribution in [0.15, 0.2) is 66.7 Å². The van der Waals surface area contributed by atoms with Crippen LogP contribution in [0.3, 0.4) is 0 Å². The van der Waals surface area contributed by atoms with Gasteiger partial charge in [0.15, 0.2) is 0 Å². The Kier molecular flexibility index (Phi) is 5.91. The maximum Gasteiger partial charge on any atom is 0.209 e. The van der Waals surface area contributed by atoms with Crippen molar-refractivity contribution in [3.8, 4) is 22.5 Å². The molecule has 6 rings (SSSR count). The molecule has 188 valence electrons. The number of aromatic amines is 2. The van der Waals surface area contributed by atoms with Crippen LogP contribution in [0.4, 0.5) is 4.39 Å². The monoisotopic (exact) mass is 515 g/mol. The van der Waals surface area contributed by atoms with E-state index in [0.29, 0.717) is 11.1 Å². The average Bonchev–Trinajstić information content (AvgIpc) is 3.51. The van der Waals surface area contributed by atoms with E-state index in [4.69, 9.17) is 0 Å². The summed E-state index contributed by atoms with van der Waals surface area (Å²) in [6.45, 7) is 1.87. The van der Waals surface area contributed by atoms with Gasteiger partial charge in [-0.2, -0.15) is 5.10 Å². The van der Waals surface area contributed by atoms with Gasteiger partial charge in [-0.3, -0.25) is 5.10 Å². The second kappa shape index (κ2) is 9.26. The van der Waals surface area contributed by atoms with Gasteiger partial charge < -0.3 is 10.3 Å². The van der Waals surface area contributed by atoms with Crippen LogP contribution in [0, 0.1) is 5.82 Å². The van der Waals surface area contributed by atoms with Crippen molar-refractivity contribution in [2.75, 3.05) is 19.3 Å². The van der Waals surface area contributed by atoms with Gasteiger partial charge in [0, 0.05) is 29.4 Å². The van der Waals surface area contributed by atoms with E-state index in [2.05, 4.69) is 49.5 Å². The summed E-state index contributed by atoms with van der Waals surface area (Å²) in [6, 6.07) is 18.9. The molecule has 1 aliphatic rings. The van der Waals surface area contributed by atoms with Crippen molar-refractivity contribution in [3.63, 3.8) is 0 Å². The molecular weight excluding hydrogens is 489 g/mol. The Morgan fingerprint density at radius 1 is 1.00 bits per heavy atom. The van der Waals surface area contributed by atoms with E-state index in [1.165, 1.54) is 23.3 Å². The van der Waals surface area contributed by atoms with Crippen LogP contribution in [-0.2, 0) is 16.6 Å². The van der Waals surface area contributed by atoms with Crippen molar-refractivity contribution in [2.45, 2.75) is 13.0 Å². The summed E-state index contributed by atoms with van der Waals surface area (Å²) >= 11 is 0. The first-order valence-corrected chi connectivity index (χ1v) is 14.0. The third kappa shape index (κ3) is 4.81. The number of H-pyrrole nitrogens is 2. The summed E-state index contributed by atoms with van der Waals surface area (Å²) < 4.78 is 40.0. The van der Waals surface area contributed by atoms with Gasteiger partial charge in [-0.05, 0) is 83.3 Å². The van der Waals surface area contributed by atoms with Crippen molar-refractivity contribution in [3.05, 3.63) is 83.7 Å². The number of sulfonamides is 1. The number of aromatic nitrogens is 3. The van der Waals surface area contributed by atoms with E-state index in [0.717, 1.165) is 64.5 Å². The molecule has 0 spiro atoms. The third-order valence-electron chi connectivity index (χ3n) is 6.72. The predicted octanol–water partition coefficient (Wildman–Crippen LogP) is 4.94. The fourth-order valence-electron chi connectivity index (χ4n) is 4.96. The Bertz CT molecular complexity index is 1790. The Morgan fingerprint density at radius 2 is 1.89 bits per heavy atom. The highest BCUT2D eigenvalue weighted by atomic mass is 32.2. The van der Waals surface area contributed by atoms with Crippen LogP contribution >= 0.6 is 0 Å². The normalized spacial score (nSPS) is 14.4. The van der Waals surface area contributed by atoms with E-state index in [9.17, 15) is 12.8 Å². The highest BCUT2D eigenvalue weighted by molar-refractivity contribution is 7.88. The van der Waals surface area contributed by atoms with Crippen LogP contribution < -0.4 is 10.0 Å². The second-order valence-electron chi connectivity index (χ2n) is 9.41. The predicted molar refractivity (Wildman–Crippen MR) is 146 cm³/mol. The molecule has 0 bridgehead atoms. The molecule has 0 atom stereocenters. The number of hydrogen-bond acceptors (Lipinski definition) is 4. The summed E-state index contributed by atoms with van der Waals surface area (Å²) in [7, 11) is -3.39. The molecule has 3 heterocycles. The molecule has 0 fully saturated rings. The number of nitrogens with one attached hydrogen (secondary N) is 4. The van der Waals surface area contributed by atoms with E-state index >= 15 is 0 Å². The first-order chi connectivity index (χ1) is 17.8. The number of hydrogen-bond donors (Lipinski definition) is 4. The maximum absolute atomic E-state index is 14.5. The van der Waals surface area contributed by atoms with E-state index in [-0.39, 0.29) is 6.54 Å². The zero-order valence-electron chi connectivity index (χ0n) is 20.2. The minimum atomic E-state index is -3.39. The van der Waals surface area contributed by atoms with Crippen molar-refractivity contribution in [1.82, 2.24) is 25.2 Å². The topological polar surface area (TPSA) is 103 Å². The first kappa shape index (κ1) is 23.6. The zero-order chi connectivity index (χ0) is 25.6. The largest absolute Gasteiger partial charge is 0.353 e. The van der Waals surface area contributed by atoms with Crippen molar-refractivity contribution in [1.29, 1.82) is 0 Å². The minimum Gasteiger partial charge on any atom is -0.353 e. The number of rotatable bonds is 6. The molecule has 0 unspecified atom stereocenters. The van der Waals surface area contributed by atoms with Crippen LogP contribution in [0.5, 0.6) is 0 Å². The van der Waals surface area contributed by atoms with Crippen molar-refractivity contribution < 1.29 is 12.8 Å². The van der Waals surface area contributed by atoms with Gasteiger partial charge in [0.05, 0.1) is 17.5 Å². The number of benzene rings is 3. The van der Waals surface area contributed by atoms with Crippen molar-refractivity contribution >= 4 is 37.4 Å². The standard InChI is InChI=1S/C28H26FN5O2S/c1-37(35,36)31-16-17-11-20(13-21(29)12-17)22-3-2-4-25-23(22)15-27(32-25)28-24-14-19(5-6-26(24)33-34-28)18-7-9-30-10-8-18/h2-7,11-15,30-32H,8-10,16H2,1H3,(H,33,34). The first-order valence-electron chi connectivity index (χ1n) is 12.1. The maximum atomic E-state index is 14.5. The summed E-state index contributed by atoms with van der Waals surface area (Å²) in [5.74, 6) is -0.423. The smallest absolute Gasteiger partial charge is 0.209 e. The molecule has 4 N–H and O–H groups in total. The lowest BCUT2D eigenvalue weighted by Crippen LogP contribution is -2.21. The van der Waals surface area contributed by atoms with E-state index in [1.807, 2.05) is 30.3 Å².